The maximum Gasteiger partial charge on any atom is 0.304 e. The van der Waals surface area contributed by atoms with E-state index in [2.05, 4.69) is 36.0 Å². The lowest BCUT2D eigenvalue weighted by atomic mass is 10.00. The van der Waals surface area contributed by atoms with Crippen LogP contribution >= 0.6 is 11.3 Å². The Morgan fingerprint density at radius 3 is 2.94 bits per heavy atom. The predicted molar refractivity (Wildman–Crippen MR) is 76.1 cm³/mol. The zero-order valence-electron chi connectivity index (χ0n) is 11.4. The van der Waals surface area contributed by atoms with Crippen LogP contribution in [0.3, 0.4) is 0 Å². The Labute approximate surface area is 112 Å². The minimum absolute atomic E-state index is 0.0477. The van der Waals surface area contributed by atoms with E-state index in [0.29, 0.717) is 12.1 Å². The molecule has 0 aromatic carbocycles. The van der Waals surface area contributed by atoms with E-state index in [0.717, 1.165) is 31.2 Å². The van der Waals surface area contributed by atoms with Crippen molar-refractivity contribution in [3.63, 3.8) is 0 Å². The molecule has 1 saturated heterocycles. The fraction of sp³-hybridized carbons (Fsp3) is 0.769. The Kier molecular flexibility index (Phi) is 4.59. The van der Waals surface area contributed by atoms with Crippen molar-refractivity contribution < 1.29 is 0 Å². The summed E-state index contributed by atoms with van der Waals surface area (Å²) in [6.07, 6.45) is 1.21. The van der Waals surface area contributed by atoms with Crippen LogP contribution in [0.5, 0.6) is 0 Å². The minimum Gasteiger partial charge on any atom is -0.315 e. The van der Waals surface area contributed by atoms with Gasteiger partial charge in [0.1, 0.15) is 0 Å². The fourth-order valence-electron chi connectivity index (χ4n) is 2.55. The highest BCUT2D eigenvalue weighted by atomic mass is 32.1. The maximum absolute atomic E-state index is 11.2. The SMILES string of the molecule is CC(C)CC1CN(Cc2csc(=O)[nH]2)C(C)CN1. The number of H-pyrrole nitrogens is 1. The Morgan fingerprint density at radius 1 is 1.56 bits per heavy atom. The van der Waals surface area contributed by atoms with Gasteiger partial charge in [0.15, 0.2) is 0 Å². The third-order valence-electron chi connectivity index (χ3n) is 3.48. The molecule has 102 valence electrons. The zero-order chi connectivity index (χ0) is 13.1. The number of rotatable bonds is 4. The molecule has 1 aliphatic rings. The number of nitrogens with zero attached hydrogens (tertiary/aromatic N) is 1. The van der Waals surface area contributed by atoms with Crippen molar-refractivity contribution >= 4 is 11.3 Å². The van der Waals surface area contributed by atoms with Gasteiger partial charge in [-0.1, -0.05) is 25.2 Å². The normalized spacial score (nSPS) is 25.8. The van der Waals surface area contributed by atoms with Crippen LogP contribution in [0.25, 0.3) is 0 Å². The first-order valence-corrected chi connectivity index (χ1v) is 7.56. The Balaban J connectivity index is 1.95. The second kappa shape index (κ2) is 5.99. The monoisotopic (exact) mass is 269 g/mol. The second-order valence-corrected chi connectivity index (χ2v) is 6.53. The number of piperazine rings is 1. The van der Waals surface area contributed by atoms with Gasteiger partial charge in [0, 0.05) is 42.8 Å². The molecule has 2 rings (SSSR count). The summed E-state index contributed by atoms with van der Waals surface area (Å²) in [7, 11) is 0. The quantitative estimate of drug-likeness (QED) is 0.873. The van der Waals surface area contributed by atoms with Gasteiger partial charge >= 0.3 is 4.87 Å². The molecule has 0 radical (unpaired) electrons. The summed E-state index contributed by atoms with van der Waals surface area (Å²) in [5.41, 5.74) is 1.04. The van der Waals surface area contributed by atoms with E-state index >= 15 is 0 Å². The summed E-state index contributed by atoms with van der Waals surface area (Å²) in [6.45, 7) is 9.73. The largest absolute Gasteiger partial charge is 0.315 e. The zero-order valence-corrected chi connectivity index (χ0v) is 12.2. The van der Waals surface area contributed by atoms with Crippen molar-refractivity contribution in [1.82, 2.24) is 15.2 Å². The van der Waals surface area contributed by atoms with Crippen molar-refractivity contribution in [2.24, 2.45) is 5.92 Å². The minimum atomic E-state index is 0.0477. The smallest absolute Gasteiger partial charge is 0.304 e. The second-order valence-electron chi connectivity index (χ2n) is 5.69. The van der Waals surface area contributed by atoms with Gasteiger partial charge < -0.3 is 10.3 Å². The molecule has 0 amide bonds. The summed E-state index contributed by atoms with van der Waals surface area (Å²) in [4.78, 5) is 16.6. The van der Waals surface area contributed by atoms with E-state index in [4.69, 9.17) is 0 Å². The lowest BCUT2D eigenvalue weighted by Crippen LogP contribution is -2.55. The van der Waals surface area contributed by atoms with Gasteiger partial charge in [-0.25, -0.2) is 0 Å². The van der Waals surface area contributed by atoms with Crippen LogP contribution in [0.2, 0.25) is 0 Å². The molecule has 0 bridgehead atoms. The van der Waals surface area contributed by atoms with E-state index in [1.54, 1.807) is 0 Å². The molecule has 1 aromatic rings. The molecule has 18 heavy (non-hydrogen) atoms. The van der Waals surface area contributed by atoms with Crippen molar-refractivity contribution in [1.29, 1.82) is 0 Å². The highest BCUT2D eigenvalue weighted by Gasteiger charge is 2.25. The predicted octanol–water partition coefficient (Wildman–Crippen LogP) is 1.64. The van der Waals surface area contributed by atoms with Crippen molar-refractivity contribution in [2.75, 3.05) is 13.1 Å². The van der Waals surface area contributed by atoms with E-state index in [1.807, 2.05) is 5.38 Å². The number of nitrogens with one attached hydrogen (secondary N) is 2. The van der Waals surface area contributed by atoms with Gasteiger partial charge in [-0.3, -0.25) is 9.69 Å². The number of thiazole rings is 1. The average molecular weight is 269 g/mol. The Hall–Kier alpha value is -0.650. The maximum atomic E-state index is 11.2. The van der Waals surface area contributed by atoms with Gasteiger partial charge in [-0.15, -0.1) is 0 Å². The number of aromatic amines is 1. The number of hydrogen-bond acceptors (Lipinski definition) is 4. The van der Waals surface area contributed by atoms with Gasteiger partial charge in [0.2, 0.25) is 0 Å². The first-order chi connectivity index (χ1) is 8.54. The summed E-state index contributed by atoms with van der Waals surface area (Å²) >= 11 is 1.25. The fourth-order valence-corrected chi connectivity index (χ4v) is 3.12. The molecule has 1 aromatic heterocycles. The molecule has 2 atom stereocenters. The molecular weight excluding hydrogens is 246 g/mol. The molecule has 4 nitrogen and oxygen atoms in total. The standard InChI is InChI=1S/C13H23N3OS/c1-9(2)4-11-6-16(10(3)5-14-11)7-12-8-18-13(17)15-12/h8-11,14H,4-7H2,1-3H3,(H,15,17). The average Bonchev–Trinajstić information content (AvgIpc) is 2.68. The van der Waals surface area contributed by atoms with Crippen molar-refractivity contribution in [2.45, 2.75) is 45.8 Å². The van der Waals surface area contributed by atoms with Crippen LogP contribution < -0.4 is 10.2 Å². The molecule has 0 aliphatic carbocycles. The van der Waals surface area contributed by atoms with E-state index in [1.165, 1.54) is 17.8 Å². The van der Waals surface area contributed by atoms with E-state index in [9.17, 15) is 4.79 Å². The molecule has 2 N–H and O–H groups in total. The lowest BCUT2D eigenvalue weighted by Gasteiger charge is -2.39. The third kappa shape index (κ3) is 3.67. The molecular formula is C13H23N3OS. The molecule has 5 heteroatoms. The van der Waals surface area contributed by atoms with Gasteiger partial charge in [-0.05, 0) is 19.3 Å². The Morgan fingerprint density at radius 2 is 2.33 bits per heavy atom. The van der Waals surface area contributed by atoms with Crippen LogP contribution in [-0.4, -0.2) is 35.1 Å². The van der Waals surface area contributed by atoms with Gasteiger partial charge in [-0.2, -0.15) is 0 Å². The van der Waals surface area contributed by atoms with Crippen LogP contribution in [-0.2, 0) is 6.54 Å². The van der Waals surface area contributed by atoms with Crippen molar-refractivity contribution in [3.8, 4) is 0 Å². The van der Waals surface area contributed by atoms with Gasteiger partial charge in [0.05, 0.1) is 0 Å². The molecule has 2 heterocycles. The number of aromatic nitrogens is 1. The third-order valence-corrected chi connectivity index (χ3v) is 4.20. The van der Waals surface area contributed by atoms with E-state index < -0.39 is 0 Å². The summed E-state index contributed by atoms with van der Waals surface area (Å²) < 4.78 is 0. The van der Waals surface area contributed by atoms with Crippen LogP contribution in [0, 0.1) is 5.92 Å². The summed E-state index contributed by atoms with van der Waals surface area (Å²) in [6, 6.07) is 1.10. The topological polar surface area (TPSA) is 48.1 Å². The summed E-state index contributed by atoms with van der Waals surface area (Å²) in [5, 5.41) is 5.55. The van der Waals surface area contributed by atoms with Crippen LogP contribution in [0.15, 0.2) is 10.2 Å². The molecule has 1 aliphatic heterocycles. The molecule has 1 fully saturated rings. The molecule has 2 unspecified atom stereocenters. The van der Waals surface area contributed by atoms with E-state index in [-0.39, 0.29) is 4.87 Å². The summed E-state index contributed by atoms with van der Waals surface area (Å²) in [5.74, 6) is 0.721. The lowest BCUT2D eigenvalue weighted by molar-refractivity contribution is 0.123. The van der Waals surface area contributed by atoms with Crippen LogP contribution in [0.1, 0.15) is 32.9 Å². The van der Waals surface area contributed by atoms with Gasteiger partial charge in [0.25, 0.3) is 0 Å². The van der Waals surface area contributed by atoms with Crippen LogP contribution in [0.4, 0.5) is 0 Å². The Bertz CT molecular complexity index is 426. The highest BCUT2D eigenvalue weighted by molar-refractivity contribution is 7.07. The number of hydrogen-bond donors (Lipinski definition) is 2. The first-order valence-electron chi connectivity index (χ1n) is 6.68. The molecule has 0 saturated carbocycles. The first kappa shape index (κ1) is 13.8. The molecule has 0 spiro atoms. The highest BCUT2D eigenvalue weighted by Crippen LogP contribution is 2.15. The van der Waals surface area contributed by atoms with Crippen molar-refractivity contribution in [3.05, 3.63) is 20.7 Å².